The second-order valence-electron chi connectivity index (χ2n) is 4.92. The van der Waals surface area contributed by atoms with Gasteiger partial charge in [0.2, 0.25) is 5.91 Å². The minimum Gasteiger partial charge on any atom is -0.497 e. The number of nitrogens with zero attached hydrogens (tertiary/aromatic N) is 1. The van der Waals surface area contributed by atoms with Crippen molar-refractivity contribution < 1.29 is 19.4 Å². The second kappa shape index (κ2) is 7.26. The first-order valence-corrected chi connectivity index (χ1v) is 6.85. The van der Waals surface area contributed by atoms with Crippen LogP contribution in [0.25, 0.3) is 0 Å². The molecule has 1 atom stereocenters. The van der Waals surface area contributed by atoms with Crippen molar-refractivity contribution in [1.29, 1.82) is 0 Å². The van der Waals surface area contributed by atoms with Crippen LogP contribution in [0.3, 0.4) is 0 Å². The van der Waals surface area contributed by atoms with E-state index in [4.69, 9.17) is 9.47 Å². The van der Waals surface area contributed by atoms with Crippen LogP contribution in [0, 0.1) is 0 Å². The molecule has 1 aliphatic heterocycles. The molecule has 0 bridgehead atoms. The van der Waals surface area contributed by atoms with E-state index in [1.807, 2.05) is 24.3 Å². The zero-order valence-electron chi connectivity index (χ0n) is 11.7. The molecule has 0 spiro atoms. The van der Waals surface area contributed by atoms with Crippen LogP contribution >= 0.6 is 0 Å². The van der Waals surface area contributed by atoms with Gasteiger partial charge in [0.05, 0.1) is 26.4 Å². The van der Waals surface area contributed by atoms with E-state index < -0.39 is 6.10 Å². The van der Waals surface area contributed by atoms with E-state index in [0.717, 1.165) is 11.3 Å². The van der Waals surface area contributed by atoms with Gasteiger partial charge in [-0.05, 0) is 24.1 Å². The summed E-state index contributed by atoms with van der Waals surface area (Å²) in [5.41, 5.74) is 1.07. The fourth-order valence-corrected chi connectivity index (χ4v) is 2.26. The van der Waals surface area contributed by atoms with Crippen LogP contribution in [0.5, 0.6) is 5.75 Å². The number of carbonyl (C=O) groups excluding carboxylic acids is 1. The highest BCUT2D eigenvalue weighted by Crippen LogP contribution is 2.14. The Hall–Kier alpha value is -1.59. The van der Waals surface area contributed by atoms with Crippen LogP contribution in [0.15, 0.2) is 24.3 Å². The fourth-order valence-electron chi connectivity index (χ4n) is 2.26. The number of ether oxygens (including phenoxy) is 2. The first kappa shape index (κ1) is 14.8. The highest BCUT2D eigenvalue weighted by atomic mass is 16.5. The van der Waals surface area contributed by atoms with E-state index in [0.29, 0.717) is 39.1 Å². The molecule has 5 nitrogen and oxygen atoms in total. The lowest BCUT2D eigenvalue weighted by molar-refractivity contribution is -0.132. The van der Waals surface area contributed by atoms with Gasteiger partial charge in [0.25, 0.3) is 0 Å². The summed E-state index contributed by atoms with van der Waals surface area (Å²) >= 11 is 0. The summed E-state index contributed by atoms with van der Waals surface area (Å²) in [5, 5.41) is 9.63. The first-order valence-electron chi connectivity index (χ1n) is 6.85. The van der Waals surface area contributed by atoms with Crippen LogP contribution in [-0.4, -0.2) is 55.4 Å². The number of methoxy groups -OCH3 is 1. The molecule has 0 radical (unpaired) electrons. The average Bonchev–Trinajstić information content (AvgIpc) is 2.69. The maximum Gasteiger partial charge on any atom is 0.223 e. The molecule has 1 heterocycles. The maximum absolute atomic E-state index is 12.2. The minimum absolute atomic E-state index is 0.0531. The molecule has 5 heteroatoms. The number of aliphatic hydroxyl groups excluding tert-OH is 1. The van der Waals surface area contributed by atoms with E-state index in [2.05, 4.69) is 0 Å². The van der Waals surface area contributed by atoms with Crippen LogP contribution in [0.4, 0.5) is 0 Å². The summed E-state index contributed by atoms with van der Waals surface area (Å²) in [6.45, 7) is 1.70. The predicted molar refractivity (Wildman–Crippen MR) is 74.7 cm³/mol. The predicted octanol–water partition coefficient (Wildman–Crippen LogP) is 0.847. The normalized spacial score (nSPS) is 19.5. The van der Waals surface area contributed by atoms with E-state index in [9.17, 15) is 9.90 Å². The fraction of sp³-hybridized carbons (Fsp3) is 0.533. The summed E-state index contributed by atoms with van der Waals surface area (Å²) in [4.78, 5) is 13.8. The van der Waals surface area contributed by atoms with Gasteiger partial charge >= 0.3 is 0 Å². The van der Waals surface area contributed by atoms with Crippen LogP contribution in [-0.2, 0) is 16.0 Å². The molecule has 0 aliphatic carbocycles. The van der Waals surface area contributed by atoms with Crippen LogP contribution < -0.4 is 4.74 Å². The van der Waals surface area contributed by atoms with Gasteiger partial charge in [-0.25, -0.2) is 0 Å². The van der Waals surface area contributed by atoms with Crippen molar-refractivity contribution in [2.75, 3.05) is 33.4 Å². The molecule has 0 saturated carbocycles. The third-order valence-corrected chi connectivity index (χ3v) is 3.36. The topological polar surface area (TPSA) is 59.0 Å². The quantitative estimate of drug-likeness (QED) is 0.887. The molecule has 2 rings (SSSR count). The van der Waals surface area contributed by atoms with Gasteiger partial charge in [-0.15, -0.1) is 0 Å². The van der Waals surface area contributed by atoms with Gasteiger partial charge in [-0.1, -0.05) is 12.1 Å². The van der Waals surface area contributed by atoms with Gasteiger partial charge in [0.1, 0.15) is 5.75 Å². The number of amides is 1. The Kier molecular flexibility index (Phi) is 5.38. The Bertz CT molecular complexity index is 449. The number of hydrogen-bond acceptors (Lipinski definition) is 4. The Morgan fingerprint density at radius 2 is 2.40 bits per heavy atom. The largest absolute Gasteiger partial charge is 0.497 e. The number of hydrogen-bond donors (Lipinski definition) is 1. The highest BCUT2D eigenvalue weighted by Gasteiger charge is 2.20. The Balaban J connectivity index is 1.87. The Morgan fingerprint density at radius 1 is 1.55 bits per heavy atom. The molecule has 1 amide bonds. The van der Waals surface area contributed by atoms with Gasteiger partial charge < -0.3 is 19.5 Å². The summed E-state index contributed by atoms with van der Waals surface area (Å²) in [5.74, 6) is 0.853. The van der Waals surface area contributed by atoms with Crippen molar-refractivity contribution in [3.05, 3.63) is 29.8 Å². The molecule has 1 aromatic rings. The number of aliphatic hydroxyl groups is 1. The molecular formula is C15H21NO4. The zero-order valence-corrected chi connectivity index (χ0v) is 11.7. The van der Waals surface area contributed by atoms with Crippen LogP contribution in [0.1, 0.15) is 12.0 Å². The number of aryl methyl sites for hydroxylation is 1. The van der Waals surface area contributed by atoms with Gasteiger partial charge in [-0.2, -0.15) is 0 Å². The molecule has 20 heavy (non-hydrogen) atoms. The molecular weight excluding hydrogens is 258 g/mol. The SMILES string of the molecule is COc1cccc(CCC(=O)N2CCOC[C@@H](O)C2)c1. The van der Waals surface area contributed by atoms with Crippen LogP contribution in [0.2, 0.25) is 0 Å². The van der Waals surface area contributed by atoms with Gasteiger partial charge in [0.15, 0.2) is 0 Å². The lowest BCUT2D eigenvalue weighted by Gasteiger charge is -2.21. The lowest BCUT2D eigenvalue weighted by Crippen LogP contribution is -2.37. The van der Waals surface area contributed by atoms with Crippen molar-refractivity contribution in [1.82, 2.24) is 4.90 Å². The number of rotatable bonds is 4. The van der Waals surface area contributed by atoms with Gasteiger partial charge in [-0.3, -0.25) is 4.79 Å². The van der Waals surface area contributed by atoms with E-state index >= 15 is 0 Å². The third-order valence-electron chi connectivity index (χ3n) is 3.36. The van der Waals surface area contributed by atoms with Crippen molar-refractivity contribution in [3.8, 4) is 5.75 Å². The Morgan fingerprint density at radius 3 is 3.20 bits per heavy atom. The molecule has 1 aromatic carbocycles. The highest BCUT2D eigenvalue weighted by molar-refractivity contribution is 5.76. The standard InChI is InChI=1S/C15H21NO4/c1-19-14-4-2-3-12(9-14)5-6-15(18)16-7-8-20-11-13(17)10-16/h2-4,9,13,17H,5-8,10-11H2,1H3/t13-/m0/s1. The smallest absolute Gasteiger partial charge is 0.223 e. The second-order valence-corrected chi connectivity index (χ2v) is 4.92. The average molecular weight is 279 g/mol. The number of β-amino-alcohol motifs (C(OH)–C–C–N with tert-alkyl or cyclic N) is 1. The molecule has 1 saturated heterocycles. The minimum atomic E-state index is -0.585. The molecule has 1 aliphatic rings. The van der Waals surface area contributed by atoms with Crippen molar-refractivity contribution >= 4 is 5.91 Å². The van der Waals surface area contributed by atoms with E-state index in [1.165, 1.54) is 0 Å². The molecule has 1 N–H and O–H groups in total. The molecule has 1 fully saturated rings. The Labute approximate surface area is 119 Å². The van der Waals surface area contributed by atoms with Crippen molar-refractivity contribution in [2.45, 2.75) is 18.9 Å². The van der Waals surface area contributed by atoms with E-state index in [-0.39, 0.29) is 5.91 Å². The summed E-state index contributed by atoms with van der Waals surface area (Å²) in [6, 6.07) is 7.72. The number of benzene rings is 1. The zero-order chi connectivity index (χ0) is 14.4. The monoisotopic (exact) mass is 279 g/mol. The molecule has 110 valence electrons. The number of carbonyl (C=O) groups is 1. The lowest BCUT2D eigenvalue weighted by atomic mass is 10.1. The summed E-state index contributed by atoms with van der Waals surface area (Å²) in [6.07, 6.45) is 0.516. The van der Waals surface area contributed by atoms with Crippen molar-refractivity contribution in [3.63, 3.8) is 0 Å². The van der Waals surface area contributed by atoms with Crippen molar-refractivity contribution in [2.24, 2.45) is 0 Å². The molecule has 0 unspecified atom stereocenters. The maximum atomic E-state index is 12.2. The molecule has 0 aromatic heterocycles. The third kappa shape index (κ3) is 4.21. The van der Waals surface area contributed by atoms with Gasteiger partial charge in [0, 0.05) is 19.5 Å². The first-order chi connectivity index (χ1) is 9.69. The van der Waals surface area contributed by atoms with E-state index in [1.54, 1.807) is 12.0 Å². The summed E-state index contributed by atoms with van der Waals surface area (Å²) < 4.78 is 10.4. The summed E-state index contributed by atoms with van der Waals surface area (Å²) in [7, 11) is 1.63.